The van der Waals surface area contributed by atoms with E-state index in [0.717, 1.165) is 30.5 Å². The van der Waals surface area contributed by atoms with E-state index in [4.69, 9.17) is 5.21 Å². The number of unbranched alkanes of at least 4 members (excludes halogenated alkanes) is 2. The zero-order chi connectivity index (χ0) is 19.2. The fourth-order valence-electron chi connectivity index (χ4n) is 3.33. The average molecular weight is 365 g/mol. The minimum atomic E-state index is -0.370. The molecule has 0 saturated heterocycles. The van der Waals surface area contributed by atoms with Crippen LogP contribution < -0.4 is 11.0 Å². The van der Waals surface area contributed by atoms with Crippen molar-refractivity contribution >= 4 is 16.8 Å². The van der Waals surface area contributed by atoms with E-state index in [1.165, 1.54) is 0 Å². The summed E-state index contributed by atoms with van der Waals surface area (Å²) in [4.78, 5) is 28.9. The molecule has 0 bridgehead atoms. The van der Waals surface area contributed by atoms with Gasteiger partial charge in [0.05, 0.1) is 16.6 Å². The zero-order valence-electron chi connectivity index (χ0n) is 15.3. The van der Waals surface area contributed by atoms with E-state index >= 15 is 0 Å². The summed E-state index contributed by atoms with van der Waals surface area (Å²) in [7, 11) is 0. The van der Waals surface area contributed by atoms with Gasteiger partial charge in [0.1, 0.15) is 5.82 Å². The van der Waals surface area contributed by atoms with Crippen LogP contribution in [0.3, 0.4) is 0 Å². The van der Waals surface area contributed by atoms with Crippen molar-refractivity contribution < 1.29 is 10.0 Å². The predicted octanol–water partition coefficient (Wildman–Crippen LogP) is 3.30. The highest BCUT2D eigenvalue weighted by atomic mass is 16.5. The molecule has 0 aliphatic carbocycles. The summed E-state index contributed by atoms with van der Waals surface area (Å²) in [6, 6.07) is 15.3. The Balaban J connectivity index is 1.89. The summed E-state index contributed by atoms with van der Waals surface area (Å²) in [5, 5.41) is 9.17. The molecule has 6 nitrogen and oxygen atoms in total. The highest BCUT2D eigenvalue weighted by Crippen LogP contribution is 2.18. The van der Waals surface area contributed by atoms with Crippen LogP contribution in [0.4, 0.5) is 0 Å². The van der Waals surface area contributed by atoms with Gasteiger partial charge in [0.25, 0.3) is 5.56 Å². The Morgan fingerprint density at radius 2 is 1.85 bits per heavy atom. The van der Waals surface area contributed by atoms with Crippen LogP contribution in [0.25, 0.3) is 16.6 Å². The lowest BCUT2D eigenvalue weighted by atomic mass is 10.0. The van der Waals surface area contributed by atoms with Crippen molar-refractivity contribution in [1.29, 1.82) is 0 Å². The van der Waals surface area contributed by atoms with Gasteiger partial charge < -0.3 is 0 Å². The first-order chi connectivity index (χ1) is 13.1. The van der Waals surface area contributed by atoms with Gasteiger partial charge in [-0.15, -0.1) is 0 Å². The maximum atomic E-state index is 13.2. The molecule has 1 amide bonds. The van der Waals surface area contributed by atoms with E-state index < -0.39 is 0 Å². The lowest BCUT2D eigenvalue weighted by molar-refractivity contribution is -0.129. The van der Waals surface area contributed by atoms with Crippen LogP contribution >= 0.6 is 0 Å². The minimum absolute atomic E-state index is 0.0565. The summed E-state index contributed by atoms with van der Waals surface area (Å²) in [6.07, 6.45) is 3.44. The van der Waals surface area contributed by atoms with Crippen molar-refractivity contribution in [1.82, 2.24) is 15.0 Å². The summed E-state index contributed by atoms with van der Waals surface area (Å²) in [5.41, 5.74) is 4.07. The fraction of sp³-hybridized carbons (Fsp3) is 0.286. The van der Waals surface area contributed by atoms with Crippen LogP contribution in [0.5, 0.6) is 0 Å². The van der Waals surface area contributed by atoms with Crippen molar-refractivity contribution in [2.24, 2.45) is 0 Å². The molecule has 0 radical (unpaired) electrons. The number of hydroxylamine groups is 1. The van der Waals surface area contributed by atoms with Gasteiger partial charge in [-0.25, -0.2) is 10.5 Å². The molecule has 1 aromatic heterocycles. The highest BCUT2D eigenvalue weighted by Gasteiger charge is 2.13. The number of hydrogen-bond acceptors (Lipinski definition) is 4. The Kier molecular flexibility index (Phi) is 5.98. The molecular weight excluding hydrogens is 342 g/mol. The molecule has 2 aromatic carbocycles. The van der Waals surface area contributed by atoms with Gasteiger partial charge in [0.2, 0.25) is 5.91 Å². The number of rotatable bonds is 7. The van der Waals surface area contributed by atoms with Gasteiger partial charge in [0, 0.05) is 6.42 Å². The maximum absolute atomic E-state index is 13.2. The third-order valence-corrected chi connectivity index (χ3v) is 4.64. The average Bonchev–Trinajstić information content (AvgIpc) is 2.68. The van der Waals surface area contributed by atoms with E-state index in [-0.39, 0.29) is 11.5 Å². The van der Waals surface area contributed by atoms with E-state index in [2.05, 4.69) is 4.98 Å². The number of nitrogens with one attached hydrogen (secondary N) is 1. The molecular formula is C21H23N3O3. The molecule has 3 aromatic rings. The number of benzene rings is 2. The van der Waals surface area contributed by atoms with E-state index in [0.29, 0.717) is 29.6 Å². The lowest BCUT2D eigenvalue weighted by Gasteiger charge is -2.13. The highest BCUT2D eigenvalue weighted by molar-refractivity contribution is 5.81. The summed E-state index contributed by atoms with van der Waals surface area (Å²) in [5.74, 6) is 0.288. The van der Waals surface area contributed by atoms with E-state index in [1.807, 2.05) is 55.5 Å². The number of carbonyl (C=O) groups excluding carboxylic acids is 1. The van der Waals surface area contributed by atoms with Gasteiger partial charge in [-0.2, -0.15) is 0 Å². The number of hydrogen-bond donors (Lipinski definition) is 2. The van der Waals surface area contributed by atoms with Crippen molar-refractivity contribution in [3.63, 3.8) is 0 Å². The molecule has 1 heterocycles. The minimum Gasteiger partial charge on any atom is -0.289 e. The van der Waals surface area contributed by atoms with Gasteiger partial charge in [0.15, 0.2) is 0 Å². The summed E-state index contributed by atoms with van der Waals surface area (Å²) < 4.78 is 1.65. The van der Waals surface area contributed by atoms with Crippen molar-refractivity contribution in [2.45, 2.75) is 39.0 Å². The van der Waals surface area contributed by atoms with Gasteiger partial charge in [-0.3, -0.25) is 19.4 Å². The van der Waals surface area contributed by atoms with E-state index in [9.17, 15) is 9.59 Å². The number of carbonyl (C=O) groups is 1. The van der Waals surface area contributed by atoms with Crippen LogP contribution in [0.2, 0.25) is 0 Å². The van der Waals surface area contributed by atoms with Crippen LogP contribution in [0, 0.1) is 6.92 Å². The second kappa shape index (κ2) is 8.60. The number of para-hydroxylation sites is 1. The second-order valence-electron chi connectivity index (χ2n) is 6.54. The SMILES string of the molecule is Cc1nc2cccc(CCCCCC(=O)NO)c2c(=O)n1-c1ccccc1. The zero-order valence-corrected chi connectivity index (χ0v) is 15.3. The monoisotopic (exact) mass is 365 g/mol. The maximum Gasteiger partial charge on any atom is 0.266 e. The number of fused-ring (bicyclic) bond motifs is 1. The number of amides is 1. The van der Waals surface area contributed by atoms with E-state index in [1.54, 1.807) is 10.0 Å². The molecule has 3 rings (SSSR count). The molecule has 0 saturated carbocycles. The predicted molar refractivity (Wildman–Crippen MR) is 104 cm³/mol. The molecule has 0 aliphatic rings. The molecule has 6 heteroatoms. The Hall–Kier alpha value is -2.99. The Morgan fingerprint density at radius 3 is 2.59 bits per heavy atom. The summed E-state index contributed by atoms with van der Waals surface area (Å²) in [6.45, 7) is 1.84. The molecule has 0 unspecified atom stereocenters. The first kappa shape index (κ1) is 18.8. The van der Waals surface area contributed by atoms with Crippen LogP contribution in [-0.2, 0) is 11.2 Å². The molecule has 140 valence electrons. The molecule has 27 heavy (non-hydrogen) atoms. The van der Waals surface area contributed by atoms with Crippen molar-refractivity contribution in [3.05, 3.63) is 70.3 Å². The smallest absolute Gasteiger partial charge is 0.266 e. The quantitative estimate of drug-likeness (QED) is 0.382. The first-order valence-electron chi connectivity index (χ1n) is 9.11. The molecule has 2 N–H and O–H groups in total. The second-order valence-corrected chi connectivity index (χ2v) is 6.54. The lowest BCUT2D eigenvalue weighted by Crippen LogP contribution is -2.23. The molecule has 0 spiro atoms. The first-order valence-corrected chi connectivity index (χ1v) is 9.11. The Labute approximate surface area is 157 Å². The van der Waals surface area contributed by atoms with Gasteiger partial charge in [-0.05, 0) is 49.9 Å². The standard InChI is InChI=1S/C21H23N3O3/c1-15-22-18-13-8-10-16(9-4-2-7-14-19(25)23-27)20(18)21(26)24(15)17-11-5-3-6-12-17/h3,5-6,8,10-13,27H,2,4,7,9,14H2,1H3,(H,23,25). The Morgan fingerprint density at radius 1 is 1.07 bits per heavy atom. The third kappa shape index (κ3) is 4.23. The fourth-order valence-corrected chi connectivity index (χ4v) is 3.33. The van der Waals surface area contributed by atoms with Crippen molar-refractivity contribution in [3.8, 4) is 5.69 Å². The van der Waals surface area contributed by atoms with Crippen LogP contribution in [0.15, 0.2) is 53.3 Å². The summed E-state index contributed by atoms with van der Waals surface area (Å²) >= 11 is 0. The van der Waals surface area contributed by atoms with Gasteiger partial charge in [-0.1, -0.05) is 36.8 Å². The number of nitrogens with zero attached hydrogens (tertiary/aromatic N) is 2. The topological polar surface area (TPSA) is 84.2 Å². The normalized spacial score (nSPS) is 10.9. The van der Waals surface area contributed by atoms with Crippen LogP contribution in [0.1, 0.15) is 37.1 Å². The number of aromatic nitrogens is 2. The van der Waals surface area contributed by atoms with Crippen molar-refractivity contribution in [2.75, 3.05) is 0 Å². The molecule has 0 aliphatic heterocycles. The Bertz CT molecular complexity index is 997. The molecule has 0 atom stereocenters. The number of aryl methyl sites for hydroxylation is 2. The third-order valence-electron chi connectivity index (χ3n) is 4.64. The molecule has 0 fully saturated rings. The largest absolute Gasteiger partial charge is 0.289 e. The van der Waals surface area contributed by atoms with Crippen LogP contribution in [-0.4, -0.2) is 20.7 Å². The van der Waals surface area contributed by atoms with Gasteiger partial charge >= 0.3 is 0 Å².